The molecule has 3 saturated carbocycles. The largest absolute Gasteiger partial charge is 0.497 e. The Morgan fingerprint density at radius 1 is 1.16 bits per heavy atom. The Hall–Kier alpha value is -4.98. The van der Waals surface area contributed by atoms with Gasteiger partial charge in [-0.05, 0) is 91.3 Å². The number of piperazine rings is 1. The lowest BCUT2D eigenvalue weighted by Gasteiger charge is -2.61. The second kappa shape index (κ2) is 13.4. The summed E-state index contributed by atoms with van der Waals surface area (Å²) in [7, 11) is 1.50. The predicted molar refractivity (Wildman–Crippen MR) is 193 cm³/mol. The third-order valence-corrected chi connectivity index (χ3v) is 11.7. The van der Waals surface area contributed by atoms with Crippen LogP contribution in [0.3, 0.4) is 0 Å². The van der Waals surface area contributed by atoms with Crippen LogP contribution >= 0.6 is 0 Å². The van der Waals surface area contributed by atoms with Crippen LogP contribution in [-0.4, -0.2) is 69.1 Å². The fraction of sp³-hybridized carbons (Fsp3) is 0.462. The molecule has 1 aliphatic heterocycles. The molecule has 0 amide bonds. The molecule has 1 N–H and O–H groups in total. The Morgan fingerprint density at radius 2 is 2.00 bits per heavy atom. The number of nitrogens with zero attached hydrogens (tertiary/aromatic N) is 7. The molecule has 10 nitrogen and oxygen atoms in total. The van der Waals surface area contributed by atoms with Gasteiger partial charge in [0.15, 0.2) is 12.2 Å². The fourth-order valence-electron chi connectivity index (χ4n) is 8.38. The Morgan fingerprint density at radius 3 is 2.68 bits per heavy atom. The van der Waals surface area contributed by atoms with Crippen molar-refractivity contribution in [1.82, 2.24) is 24.3 Å². The topological polar surface area (TPSA) is 112 Å². The number of aryl methyl sites for hydroxylation is 1. The summed E-state index contributed by atoms with van der Waals surface area (Å²) in [6.45, 7) is 11.4. The van der Waals surface area contributed by atoms with Crippen LogP contribution in [0, 0.1) is 40.4 Å². The minimum Gasteiger partial charge on any atom is -0.497 e. The van der Waals surface area contributed by atoms with E-state index in [4.69, 9.17) is 14.7 Å². The molecule has 3 heterocycles. The highest BCUT2D eigenvalue weighted by Gasteiger charge is 2.56. The van der Waals surface area contributed by atoms with Crippen molar-refractivity contribution in [1.29, 1.82) is 5.26 Å². The first-order chi connectivity index (χ1) is 24.1. The van der Waals surface area contributed by atoms with Crippen molar-refractivity contribution in [2.75, 3.05) is 32.1 Å². The first-order valence-electron chi connectivity index (χ1n) is 17.6. The lowest BCUT2D eigenvalue weighted by Crippen LogP contribution is -2.57. The fourth-order valence-corrected chi connectivity index (χ4v) is 8.38. The molecule has 2 bridgehead atoms. The Bertz CT molecular complexity index is 2020. The summed E-state index contributed by atoms with van der Waals surface area (Å²) >= 11 is 0. The molecule has 3 aliphatic carbocycles. The van der Waals surface area contributed by atoms with Gasteiger partial charge in [-0.2, -0.15) is 5.26 Å². The third kappa shape index (κ3) is 6.16. The number of aliphatic imine (C=N–C) groups is 1. The first kappa shape index (κ1) is 33.5. The summed E-state index contributed by atoms with van der Waals surface area (Å²) in [5, 5.41) is 13.7. The molecule has 2 aromatic heterocycles. The standard InChI is InChI=1S/C39H45FN8O2/c1-24-22-46(15-16-47(24)23-41)38(45-34-18-28-17-32(25(34)2)39(28,3)4)43-29-9-11-31-35(19-29)44-36(27-7-6-13-42-21-27)48(37(31)49)14-12-26-8-10-30(50-5)20-33(26)40/h6-11,13,19-21,24-25,28,32,34H,12,14-18,22H2,1-5H3,(H,43,45)/t24-,25-,28-,32+,34-/m0/s1. The van der Waals surface area contributed by atoms with Crippen LogP contribution in [0.2, 0.25) is 0 Å². The van der Waals surface area contributed by atoms with Crippen LogP contribution in [0.5, 0.6) is 5.75 Å². The Kier molecular flexibility index (Phi) is 8.97. The number of fused-ring (bicyclic) bond motifs is 3. The summed E-state index contributed by atoms with van der Waals surface area (Å²) < 4.78 is 21.6. The van der Waals surface area contributed by atoms with Crippen molar-refractivity contribution in [3.63, 3.8) is 0 Å². The van der Waals surface area contributed by atoms with Gasteiger partial charge in [0.05, 0.1) is 30.1 Å². The van der Waals surface area contributed by atoms with Crippen molar-refractivity contribution >= 4 is 22.5 Å². The zero-order valence-corrected chi connectivity index (χ0v) is 29.4. The molecule has 5 atom stereocenters. The summed E-state index contributed by atoms with van der Waals surface area (Å²) in [4.78, 5) is 32.9. The molecular weight excluding hydrogens is 631 g/mol. The van der Waals surface area contributed by atoms with Crippen LogP contribution < -0.4 is 15.6 Å². The Labute approximate surface area is 292 Å². The Balaban J connectivity index is 1.23. The maximum Gasteiger partial charge on any atom is 0.261 e. The van der Waals surface area contributed by atoms with E-state index in [1.165, 1.54) is 19.6 Å². The zero-order chi connectivity index (χ0) is 35.2. The van der Waals surface area contributed by atoms with Crippen molar-refractivity contribution in [2.45, 2.75) is 65.6 Å². The van der Waals surface area contributed by atoms with Gasteiger partial charge in [0.2, 0.25) is 0 Å². The molecule has 0 radical (unpaired) electrons. The SMILES string of the molecule is COc1ccc(CCn2c(-c3cccnc3)nc3cc(NC(=N[C@H]4C[C@@H]5C[C@H]([C@@H]4C)C5(C)C)N4CCN(C#N)[C@@H](C)C4)ccc3c2=O)c(F)c1. The number of ether oxygens (including phenoxy) is 1. The number of pyridine rings is 1. The van der Waals surface area contributed by atoms with E-state index in [9.17, 15) is 14.4 Å². The van der Waals surface area contributed by atoms with E-state index >= 15 is 0 Å². The van der Waals surface area contributed by atoms with Gasteiger partial charge in [-0.15, -0.1) is 0 Å². The van der Waals surface area contributed by atoms with Gasteiger partial charge in [-0.1, -0.05) is 26.8 Å². The van der Waals surface area contributed by atoms with Gasteiger partial charge in [0.25, 0.3) is 5.56 Å². The summed E-state index contributed by atoms with van der Waals surface area (Å²) in [6, 6.07) is 14.3. The summed E-state index contributed by atoms with van der Waals surface area (Å²) in [5.41, 5.74) is 2.66. The van der Waals surface area contributed by atoms with Crippen molar-refractivity contribution < 1.29 is 9.13 Å². The number of methoxy groups -OCH3 is 1. The van der Waals surface area contributed by atoms with E-state index in [0.29, 0.717) is 82.8 Å². The molecule has 4 aromatic rings. The highest BCUT2D eigenvalue weighted by molar-refractivity contribution is 5.96. The maximum absolute atomic E-state index is 14.9. The van der Waals surface area contributed by atoms with Gasteiger partial charge in [-0.25, -0.2) is 14.4 Å². The quantitative estimate of drug-likeness (QED) is 0.141. The second-order valence-corrected chi connectivity index (χ2v) is 14.8. The summed E-state index contributed by atoms with van der Waals surface area (Å²) in [6.07, 6.45) is 8.33. The van der Waals surface area contributed by atoms with Gasteiger partial charge >= 0.3 is 0 Å². The number of nitrogens with one attached hydrogen (secondary N) is 1. The van der Waals surface area contributed by atoms with Crippen LogP contribution in [0.1, 0.15) is 46.1 Å². The predicted octanol–water partition coefficient (Wildman–Crippen LogP) is 6.17. The number of aromatic nitrogens is 3. The summed E-state index contributed by atoms with van der Waals surface area (Å²) in [5.74, 6) is 3.12. The number of halogens is 1. The maximum atomic E-state index is 14.9. The lowest BCUT2D eigenvalue weighted by atomic mass is 9.45. The molecule has 0 spiro atoms. The van der Waals surface area contributed by atoms with Crippen LogP contribution in [0.25, 0.3) is 22.3 Å². The van der Waals surface area contributed by atoms with Gasteiger partial charge in [0.1, 0.15) is 17.4 Å². The molecule has 4 fully saturated rings. The van der Waals surface area contributed by atoms with E-state index in [0.717, 1.165) is 18.1 Å². The zero-order valence-electron chi connectivity index (χ0n) is 29.4. The molecule has 8 rings (SSSR count). The molecular formula is C39H45FN8O2. The van der Waals surface area contributed by atoms with E-state index < -0.39 is 0 Å². The number of rotatable bonds is 7. The average molecular weight is 677 g/mol. The minimum atomic E-state index is -0.381. The average Bonchev–Trinajstić information content (AvgIpc) is 3.12. The monoisotopic (exact) mass is 676 g/mol. The highest BCUT2D eigenvalue weighted by Crippen LogP contribution is 2.61. The van der Waals surface area contributed by atoms with E-state index in [2.05, 4.69) is 49.1 Å². The second-order valence-electron chi connectivity index (χ2n) is 14.8. The van der Waals surface area contributed by atoms with Crippen LogP contribution in [0.4, 0.5) is 10.1 Å². The smallest absolute Gasteiger partial charge is 0.261 e. The first-order valence-corrected chi connectivity index (χ1v) is 17.6. The van der Waals surface area contributed by atoms with E-state index in [1.54, 1.807) is 35.2 Å². The highest BCUT2D eigenvalue weighted by atomic mass is 19.1. The number of anilines is 1. The molecule has 50 heavy (non-hydrogen) atoms. The molecule has 2 aromatic carbocycles. The van der Waals surface area contributed by atoms with E-state index in [-0.39, 0.29) is 30.0 Å². The van der Waals surface area contributed by atoms with Crippen LogP contribution in [-0.2, 0) is 13.0 Å². The number of hydrogen-bond acceptors (Lipinski definition) is 7. The van der Waals surface area contributed by atoms with Gasteiger partial charge in [0, 0.05) is 55.9 Å². The van der Waals surface area contributed by atoms with E-state index in [1.807, 2.05) is 29.2 Å². The number of nitriles is 1. The number of guanidine groups is 1. The molecule has 260 valence electrons. The minimum absolute atomic E-state index is 0.0574. The van der Waals surface area contributed by atoms with Crippen LogP contribution in [0.15, 0.2) is 70.7 Å². The third-order valence-electron chi connectivity index (χ3n) is 11.7. The normalized spacial score (nSPS) is 24.4. The molecule has 1 saturated heterocycles. The van der Waals surface area contributed by atoms with Gasteiger partial charge < -0.3 is 19.9 Å². The lowest BCUT2D eigenvalue weighted by molar-refractivity contribution is -0.108. The van der Waals surface area contributed by atoms with Crippen molar-refractivity contribution in [2.24, 2.45) is 28.2 Å². The van der Waals surface area contributed by atoms with Crippen molar-refractivity contribution in [3.05, 3.63) is 82.7 Å². The van der Waals surface area contributed by atoms with Gasteiger partial charge in [-0.3, -0.25) is 14.3 Å². The van der Waals surface area contributed by atoms with Crippen molar-refractivity contribution in [3.8, 4) is 23.3 Å². The molecule has 4 aliphatic rings. The molecule has 0 unspecified atom stereocenters. The number of benzene rings is 2. The molecule has 11 heteroatoms. The number of hydrogen-bond donors (Lipinski definition) is 1.